The molecule has 1 saturated carbocycles. The van der Waals surface area contributed by atoms with Gasteiger partial charge in [0.25, 0.3) is 0 Å². The van der Waals surface area contributed by atoms with Crippen molar-refractivity contribution in [1.29, 1.82) is 0 Å². The van der Waals surface area contributed by atoms with Crippen LogP contribution in [0.25, 0.3) is 0 Å². The van der Waals surface area contributed by atoms with E-state index in [1.807, 2.05) is 0 Å². The van der Waals surface area contributed by atoms with Gasteiger partial charge in [-0.2, -0.15) is 0 Å². The summed E-state index contributed by atoms with van der Waals surface area (Å²) in [5, 5.41) is 8.94. The van der Waals surface area contributed by atoms with Crippen LogP contribution < -0.4 is 0 Å². The molecule has 0 spiro atoms. The number of rotatable bonds is 4. The lowest BCUT2D eigenvalue weighted by molar-refractivity contribution is -0.147. The van der Waals surface area contributed by atoms with Crippen molar-refractivity contribution in [3.63, 3.8) is 0 Å². The molecule has 2 rings (SSSR count). The molecule has 1 N–H and O–H groups in total. The van der Waals surface area contributed by atoms with Crippen LogP contribution in [0.5, 0.6) is 0 Å². The van der Waals surface area contributed by atoms with Crippen LogP contribution in [0.15, 0.2) is 0 Å². The molecule has 1 unspecified atom stereocenters. The molecule has 2 fully saturated rings. The standard InChI is InChI=1S/C11H18O4/c1-14-7-11(4-2-3-5-15-11)9-6-8(9)10(12)13/h8-9H,2-7H2,1H3,(H,12,13)/t8-,9-,11?/m1/s1. The lowest BCUT2D eigenvalue weighted by Crippen LogP contribution is -2.43. The molecule has 0 aromatic rings. The topological polar surface area (TPSA) is 55.8 Å². The summed E-state index contributed by atoms with van der Waals surface area (Å²) < 4.78 is 11.0. The van der Waals surface area contributed by atoms with E-state index in [0.29, 0.717) is 6.61 Å². The number of ether oxygens (including phenoxy) is 2. The minimum Gasteiger partial charge on any atom is -0.481 e. The highest BCUT2D eigenvalue weighted by atomic mass is 16.5. The predicted octanol–water partition coefficient (Wildman–Crippen LogP) is 1.29. The second kappa shape index (κ2) is 4.10. The number of carbonyl (C=O) groups is 1. The first-order chi connectivity index (χ1) is 7.19. The average molecular weight is 214 g/mol. The fraction of sp³-hybridized carbons (Fsp3) is 0.909. The molecule has 4 heteroatoms. The molecule has 1 saturated heterocycles. The zero-order chi connectivity index (χ0) is 10.9. The van der Waals surface area contributed by atoms with E-state index in [1.165, 1.54) is 0 Å². The molecular formula is C11H18O4. The van der Waals surface area contributed by atoms with E-state index >= 15 is 0 Å². The number of methoxy groups -OCH3 is 1. The van der Waals surface area contributed by atoms with Crippen LogP contribution in [-0.4, -0.2) is 37.0 Å². The highest BCUT2D eigenvalue weighted by molar-refractivity contribution is 5.73. The first-order valence-corrected chi connectivity index (χ1v) is 5.55. The number of carboxylic acid groups (broad SMARTS) is 1. The van der Waals surface area contributed by atoms with E-state index in [1.54, 1.807) is 7.11 Å². The number of hydrogen-bond donors (Lipinski definition) is 1. The third-order valence-corrected chi connectivity index (χ3v) is 3.56. The SMILES string of the molecule is COCC1([C@@H]2C[C@H]2C(=O)O)CCCCO1. The summed E-state index contributed by atoms with van der Waals surface area (Å²) >= 11 is 0. The maximum atomic E-state index is 10.9. The van der Waals surface area contributed by atoms with Crippen LogP contribution >= 0.6 is 0 Å². The van der Waals surface area contributed by atoms with Gasteiger partial charge in [0.1, 0.15) is 0 Å². The van der Waals surface area contributed by atoms with Gasteiger partial charge in [0.2, 0.25) is 0 Å². The van der Waals surface area contributed by atoms with Crippen molar-refractivity contribution in [2.24, 2.45) is 11.8 Å². The van der Waals surface area contributed by atoms with Crippen molar-refractivity contribution in [2.75, 3.05) is 20.3 Å². The molecule has 4 nitrogen and oxygen atoms in total. The molecule has 0 radical (unpaired) electrons. The molecule has 0 amide bonds. The van der Waals surface area contributed by atoms with E-state index in [2.05, 4.69) is 0 Å². The van der Waals surface area contributed by atoms with Crippen LogP contribution in [-0.2, 0) is 14.3 Å². The van der Waals surface area contributed by atoms with Gasteiger partial charge >= 0.3 is 5.97 Å². The Hall–Kier alpha value is -0.610. The summed E-state index contributed by atoms with van der Waals surface area (Å²) in [6, 6.07) is 0. The Balaban J connectivity index is 2.03. The quantitative estimate of drug-likeness (QED) is 0.766. The van der Waals surface area contributed by atoms with Crippen LogP contribution in [0.4, 0.5) is 0 Å². The van der Waals surface area contributed by atoms with Gasteiger partial charge in [-0.25, -0.2) is 0 Å². The molecule has 0 bridgehead atoms. The number of hydrogen-bond acceptors (Lipinski definition) is 3. The Labute approximate surface area is 89.6 Å². The molecule has 3 atom stereocenters. The highest BCUT2D eigenvalue weighted by Crippen LogP contribution is 2.51. The van der Waals surface area contributed by atoms with Gasteiger partial charge in [-0.3, -0.25) is 4.79 Å². The van der Waals surface area contributed by atoms with E-state index in [-0.39, 0.29) is 17.4 Å². The van der Waals surface area contributed by atoms with Crippen LogP contribution in [0.1, 0.15) is 25.7 Å². The van der Waals surface area contributed by atoms with Crippen LogP contribution in [0.3, 0.4) is 0 Å². The van der Waals surface area contributed by atoms with E-state index in [0.717, 1.165) is 32.3 Å². The molecule has 1 aliphatic carbocycles. The van der Waals surface area contributed by atoms with Crippen molar-refractivity contribution >= 4 is 5.97 Å². The third kappa shape index (κ3) is 2.01. The predicted molar refractivity (Wildman–Crippen MR) is 53.6 cm³/mol. The zero-order valence-corrected chi connectivity index (χ0v) is 9.07. The van der Waals surface area contributed by atoms with Crippen LogP contribution in [0.2, 0.25) is 0 Å². The van der Waals surface area contributed by atoms with Gasteiger partial charge in [-0.15, -0.1) is 0 Å². The average Bonchev–Trinajstić information content (AvgIpc) is 2.99. The fourth-order valence-electron chi connectivity index (χ4n) is 2.68. The Morgan fingerprint density at radius 3 is 2.87 bits per heavy atom. The van der Waals surface area contributed by atoms with Crippen molar-refractivity contribution in [2.45, 2.75) is 31.3 Å². The van der Waals surface area contributed by atoms with Gasteiger partial charge in [-0.1, -0.05) is 0 Å². The maximum absolute atomic E-state index is 10.9. The lowest BCUT2D eigenvalue weighted by atomic mass is 9.88. The van der Waals surface area contributed by atoms with Gasteiger partial charge in [0.05, 0.1) is 18.1 Å². The molecular weight excluding hydrogens is 196 g/mol. The van der Waals surface area contributed by atoms with Gasteiger partial charge in [-0.05, 0) is 25.7 Å². The number of aliphatic carboxylic acids is 1. The molecule has 86 valence electrons. The first kappa shape index (κ1) is 10.9. The molecule has 0 aromatic heterocycles. The fourth-order valence-corrected chi connectivity index (χ4v) is 2.68. The van der Waals surface area contributed by atoms with Crippen molar-refractivity contribution in [3.8, 4) is 0 Å². The Bertz CT molecular complexity index is 239. The highest BCUT2D eigenvalue weighted by Gasteiger charge is 2.57. The minimum absolute atomic E-state index is 0.162. The van der Waals surface area contributed by atoms with Gasteiger partial charge < -0.3 is 14.6 Å². The van der Waals surface area contributed by atoms with E-state index in [4.69, 9.17) is 14.6 Å². The summed E-state index contributed by atoms with van der Waals surface area (Å²) in [7, 11) is 1.65. The van der Waals surface area contributed by atoms with Crippen molar-refractivity contribution in [1.82, 2.24) is 0 Å². The second-order valence-corrected chi connectivity index (χ2v) is 4.59. The Morgan fingerprint density at radius 2 is 2.40 bits per heavy atom. The largest absolute Gasteiger partial charge is 0.481 e. The summed E-state index contributed by atoms with van der Waals surface area (Å²) in [6.45, 7) is 1.27. The zero-order valence-electron chi connectivity index (χ0n) is 9.07. The molecule has 2 aliphatic rings. The Kier molecular flexibility index (Phi) is 2.98. The lowest BCUT2D eigenvalue weighted by Gasteiger charge is -2.37. The summed E-state index contributed by atoms with van der Waals surface area (Å²) in [5.41, 5.74) is -0.309. The summed E-state index contributed by atoms with van der Waals surface area (Å²) in [4.78, 5) is 10.9. The van der Waals surface area contributed by atoms with Crippen molar-refractivity contribution in [3.05, 3.63) is 0 Å². The van der Waals surface area contributed by atoms with E-state index < -0.39 is 5.97 Å². The summed E-state index contributed by atoms with van der Waals surface area (Å²) in [5.74, 6) is -0.738. The van der Waals surface area contributed by atoms with Crippen LogP contribution in [0, 0.1) is 11.8 Å². The molecule has 15 heavy (non-hydrogen) atoms. The molecule has 1 heterocycles. The van der Waals surface area contributed by atoms with Gasteiger partial charge in [0.15, 0.2) is 0 Å². The molecule has 1 aliphatic heterocycles. The van der Waals surface area contributed by atoms with Crippen molar-refractivity contribution < 1.29 is 19.4 Å². The second-order valence-electron chi connectivity index (χ2n) is 4.59. The summed E-state index contributed by atoms with van der Waals surface area (Å²) in [6.07, 6.45) is 3.89. The maximum Gasteiger partial charge on any atom is 0.306 e. The smallest absolute Gasteiger partial charge is 0.306 e. The normalized spacial score (nSPS) is 40.1. The van der Waals surface area contributed by atoms with Gasteiger partial charge in [0, 0.05) is 19.6 Å². The monoisotopic (exact) mass is 214 g/mol. The minimum atomic E-state index is -0.690. The Morgan fingerprint density at radius 1 is 1.60 bits per heavy atom. The number of carboxylic acids is 1. The molecule has 0 aromatic carbocycles. The van der Waals surface area contributed by atoms with E-state index in [9.17, 15) is 4.79 Å². The third-order valence-electron chi connectivity index (χ3n) is 3.56. The first-order valence-electron chi connectivity index (χ1n) is 5.55.